The van der Waals surface area contributed by atoms with Gasteiger partial charge in [-0.15, -0.1) is 0 Å². The van der Waals surface area contributed by atoms with Crippen LogP contribution >= 0.6 is 11.6 Å². The molecule has 0 atom stereocenters. The second-order valence-electron chi connectivity index (χ2n) is 8.43. The zero-order chi connectivity index (χ0) is 24.2. The summed E-state index contributed by atoms with van der Waals surface area (Å²) < 4.78 is 13.4. The molecule has 0 bridgehead atoms. The van der Waals surface area contributed by atoms with Crippen molar-refractivity contribution in [3.8, 4) is 17.0 Å². The number of hydrogen-bond donors (Lipinski definition) is 5. The number of anilines is 3. The summed E-state index contributed by atoms with van der Waals surface area (Å²) in [5.74, 6) is -0.438. The number of aromatic nitrogens is 1. The maximum atomic E-state index is 13.4. The predicted octanol–water partition coefficient (Wildman–Crippen LogP) is 4.65. The van der Waals surface area contributed by atoms with E-state index in [9.17, 15) is 19.4 Å². The lowest BCUT2D eigenvalue weighted by molar-refractivity contribution is 0.0911. The van der Waals surface area contributed by atoms with Crippen LogP contribution in [0.25, 0.3) is 11.3 Å². The first-order chi connectivity index (χ1) is 15.6. The van der Waals surface area contributed by atoms with Crippen molar-refractivity contribution in [1.82, 2.24) is 10.3 Å². The van der Waals surface area contributed by atoms with Gasteiger partial charge < -0.3 is 26.6 Å². The van der Waals surface area contributed by atoms with Crippen molar-refractivity contribution in [2.75, 3.05) is 24.2 Å². The minimum absolute atomic E-state index is 0.00184. The number of nitrogens with two attached hydrogens (primary N) is 1. The fourth-order valence-corrected chi connectivity index (χ4v) is 3.25. The smallest absolute Gasteiger partial charge is 0.255 e. The van der Waals surface area contributed by atoms with Crippen LogP contribution < -0.4 is 16.4 Å². The predicted molar refractivity (Wildman–Crippen MR) is 128 cm³/mol. The van der Waals surface area contributed by atoms with Gasteiger partial charge in [0.2, 0.25) is 0 Å². The number of nitrogens with one attached hydrogen (secondary N) is 2. The van der Waals surface area contributed by atoms with Crippen molar-refractivity contribution < 1.29 is 19.4 Å². The van der Waals surface area contributed by atoms with E-state index in [1.54, 1.807) is 36.4 Å². The number of amides is 1. The lowest BCUT2D eigenvalue weighted by Gasteiger charge is -2.22. The molecule has 0 aliphatic rings. The van der Waals surface area contributed by atoms with E-state index in [1.807, 2.05) is 13.8 Å². The molecule has 1 heterocycles. The summed E-state index contributed by atoms with van der Waals surface area (Å²) in [5, 5.41) is 26.0. The highest BCUT2D eigenvalue weighted by Gasteiger charge is 2.20. The van der Waals surface area contributed by atoms with Gasteiger partial charge in [-0.3, -0.25) is 4.79 Å². The molecule has 0 aliphatic heterocycles. The summed E-state index contributed by atoms with van der Waals surface area (Å²) >= 11 is 5.94. The van der Waals surface area contributed by atoms with Gasteiger partial charge in [0.1, 0.15) is 18.2 Å². The minimum atomic E-state index is -0.690. The number of alkyl halides is 1. The van der Waals surface area contributed by atoms with Gasteiger partial charge in [-0.1, -0.05) is 25.4 Å². The molecule has 0 unspecified atom stereocenters. The van der Waals surface area contributed by atoms with E-state index >= 15 is 0 Å². The number of nitrogen functional groups attached to an aromatic ring is 1. The van der Waals surface area contributed by atoms with Gasteiger partial charge >= 0.3 is 0 Å². The first kappa shape index (κ1) is 24.3. The zero-order valence-corrected chi connectivity index (χ0v) is 19.1. The number of phenols is 1. The van der Waals surface area contributed by atoms with Crippen LogP contribution in [0.3, 0.4) is 0 Å². The van der Waals surface area contributed by atoms with E-state index in [-0.39, 0.29) is 30.3 Å². The van der Waals surface area contributed by atoms with Gasteiger partial charge in [-0.05, 0) is 48.5 Å². The van der Waals surface area contributed by atoms with E-state index in [1.165, 1.54) is 12.1 Å². The Morgan fingerprint density at radius 2 is 1.94 bits per heavy atom. The summed E-state index contributed by atoms with van der Waals surface area (Å²) in [4.78, 5) is 16.8. The molecular weight excluding hydrogens is 447 g/mol. The van der Waals surface area contributed by atoms with Gasteiger partial charge in [0.25, 0.3) is 5.91 Å². The van der Waals surface area contributed by atoms with Crippen molar-refractivity contribution in [2.24, 2.45) is 5.41 Å². The molecule has 0 saturated heterocycles. The number of pyridine rings is 1. The molecule has 33 heavy (non-hydrogen) atoms. The van der Waals surface area contributed by atoms with Crippen LogP contribution in [0.2, 0.25) is 5.02 Å². The van der Waals surface area contributed by atoms with E-state index in [0.717, 1.165) is 0 Å². The largest absolute Gasteiger partial charge is 0.507 e. The summed E-state index contributed by atoms with van der Waals surface area (Å²) in [6.07, 6.45) is 0. The highest BCUT2D eigenvalue weighted by atomic mass is 35.5. The average molecular weight is 473 g/mol. The molecule has 3 rings (SSSR count). The number of nitrogens with zero attached hydrogens (tertiary/aromatic N) is 1. The number of aromatic hydroxyl groups is 1. The highest BCUT2D eigenvalue weighted by molar-refractivity contribution is 6.30. The molecule has 174 valence electrons. The third kappa shape index (κ3) is 5.91. The van der Waals surface area contributed by atoms with Crippen molar-refractivity contribution in [1.29, 1.82) is 0 Å². The van der Waals surface area contributed by atoms with Gasteiger partial charge in [0, 0.05) is 46.1 Å². The Morgan fingerprint density at radius 3 is 2.61 bits per heavy atom. The SMILES string of the molecule is CC(C)(CO)CNC(=O)c1ccc(-c2cc(Nc3ccc(Cl)cc3CF)ccc2O)nc1N. The Hall–Kier alpha value is -3.36. The second kappa shape index (κ2) is 10.1. The number of hydrogen-bond acceptors (Lipinski definition) is 6. The molecule has 3 aromatic rings. The summed E-state index contributed by atoms with van der Waals surface area (Å²) in [5.41, 5.74) is 8.03. The van der Waals surface area contributed by atoms with E-state index < -0.39 is 18.0 Å². The van der Waals surface area contributed by atoms with Crippen molar-refractivity contribution in [3.05, 3.63) is 64.7 Å². The summed E-state index contributed by atoms with van der Waals surface area (Å²) in [6.45, 7) is 3.14. The van der Waals surface area contributed by atoms with Crippen LogP contribution in [-0.2, 0) is 6.67 Å². The average Bonchev–Trinajstić information content (AvgIpc) is 2.79. The maximum Gasteiger partial charge on any atom is 0.255 e. The zero-order valence-electron chi connectivity index (χ0n) is 18.3. The molecule has 0 spiro atoms. The maximum absolute atomic E-state index is 13.4. The summed E-state index contributed by atoms with van der Waals surface area (Å²) in [7, 11) is 0. The van der Waals surface area contributed by atoms with Gasteiger partial charge in [-0.2, -0.15) is 0 Å². The van der Waals surface area contributed by atoms with Crippen molar-refractivity contribution in [3.63, 3.8) is 0 Å². The topological polar surface area (TPSA) is 120 Å². The lowest BCUT2D eigenvalue weighted by Crippen LogP contribution is -2.36. The molecule has 7 nitrogen and oxygen atoms in total. The van der Waals surface area contributed by atoms with Crippen LogP contribution in [0.5, 0.6) is 5.75 Å². The Bertz CT molecular complexity index is 1170. The molecular formula is C24H26ClFN4O3. The van der Waals surface area contributed by atoms with Crippen LogP contribution in [-0.4, -0.2) is 34.3 Å². The van der Waals surface area contributed by atoms with Crippen molar-refractivity contribution in [2.45, 2.75) is 20.5 Å². The van der Waals surface area contributed by atoms with E-state index in [2.05, 4.69) is 15.6 Å². The van der Waals surface area contributed by atoms with E-state index in [4.69, 9.17) is 17.3 Å². The van der Waals surface area contributed by atoms with Crippen LogP contribution in [0.4, 0.5) is 21.6 Å². The molecule has 1 amide bonds. The first-order valence-corrected chi connectivity index (χ1v) is 10.6. The first-order valence-electron chi connectivity index (χ1n) is 10.2. The third-order valence-electron chi connectivity index (χ3n) is 5.09. The number of carbonyl (C=O) groups is 1. The molecule has 9 heteroatoms. The van der Waals surface area contributed by atoms with Crippen LogP contribution in [0.15, 0.2) is 48.5 Å². The summed E-state index contributed by atoms with van der Waals surface area (Å²) in [6, 6.07) is 12.7. The quantitative estimate of drug-likeness (QED) is 0.304. The lowest BCUT2D eigenvalue weighted by atomic mass is 9.95. The Kier molecular flexibility index (Phi) is 7.40. The van der Waals surface area contributed by atoms with Crippen LogP contribution in [0, 0.1) is 5.41 Å². The molecule has 2 aromatic carbocycles. The second-order valence-corrected chi connectivity index (χ2v) is 8.86. The van der Waals surface area contributed by atoms with Crippen LogP contribution in [0.1, 0.15) is 29.8 Å². The van der Waals surface area contributed by atoms with Crippen molar-refractivity contribution >= 4 is 34.7 Å². The number of aliphatic hydroxyl groups is 1. The third-order valence-corrected chi connectivity index (χ3v) is 5.32. The molecule has 1 aromatic heterocycles. The van der Waals surface area contributed by atoms with E-state index in [0.29, 0.717) is 33.2 Å². The van der Waals surface area contributed by atoms with Gasteiger partial charge in [0.15, 0.2) is 0 Å². The fraction of sp³-hybridized carbons (Fsp3) is 0.250. The minimum Gasteiger partial charge on any atom is -0.507 e. The highest BCUT2D eigenvalue weighted by Crippen LogP contribution is 2.33. The Morgan fingerprint density at radius 1 is 1.18 bits per heavy atom. The number of rotatable bonds is 8. The number of phenolic OH excluding ortho intramolecular Hbond substituents is 1. The Balaban J connectivity index is 1.85. The number of benzene rings is 2. The normalized spacial score (nSPS) is 11.3. The van der Waals surface area contributed by atoms with Gasteiger partial charge in [0.05, 0.1) is 11.3 Å². The molecule has 0 aliphatic carbocycles. The number of carbonyl (C=O) groups excluding carboxylic acids is 1. The number of aliphatic hydroxyl groups excluding tert-OH is 1. The van der Waals surface area contributed by atoms with Gasteiger partial charge in [-0.25, -0.2) is 9.37 Å². The monoisotopic (exact) mass is 472 g/mol. The fourth-order valence-electron chi connectivity index (χ4n) is 3.06. The standard InChI is InChI=1S/C24H26ClFN4O3/c1-24(2,13-31)12-28-23(33)17-5-7-20(30-22(17)27)18-10-16(4-8-21(18)32)29-19-6-3-15(25)9-14(19)11-26/h3-10,29,31-32H,11-13H2,1-2H3,(H2,27,30)(H,28,33). The molecule has 0 fully saturated rings. The molecule has 0 radical (unpaired) electrons. The Labute approximate surface area is 196 Å². The number of halogens is 2. The molecule has 6 N–H and O–H groups in total. The molecule has 0 saturated carbocycles.